The van der Waals surface area contributed by atoms with Gasteiger partial charge in [0, 0.05) is 11.8 Å². The van der Waals surface area contributed by atoms with E-state index in [9.17, 15) is 9.90 Å². The van der Waals surface area contributed by atoms with Gasteiger partial charge in [0.05, 0.1) is 9.71 Å². The van der Waals surface area contributed by atoms with Crippen molar-refractivity contribution in [2.75, 3.05) is 0 Å². The summed E-state index contributed by atoms with van der Waals surface area (Å²) in [4.78, 5) is 11.8. The molecule has 2 nitrogen and oxygen atoms in total. The topological polar surface area (TPSA) is 37.3 Å². The van der Waals surface area contributed by atoms with E-state index in [1.54, 1.807) is 0 Å². The molecule has 0 aliphatic heterocycles. The first-order chi connectivity index (χ1) is 12.2. The molecule has 1 N–H and O–H groups in total. The standard InChI is InChI=1S/C21H26O2/c1-3-10-21(23)12-9-19-18-6-4-14-13-15(22)5-7-16(14)17(18)8-11-20(19,21)2/h3,8,11,13,18-19,23H,1,4-7,9-10,12H2,2H3/t18-,19+,20+,21+/m1/s1/i1D2,3D. The van der Waals surface area contributed by atoms with Crippen LogP contribution in [0.1, 0.15) is 56.0 Å². The van der Waals surface area contributed by atoms with E-state index < -0.39 is 17.5 Å². The first kappa shape index (κ1) is 12.0. The van der Waals surface area contributed by atoms with Crippen molar-refractivity contribution in [2.45, 2.75) is 57.5 Å². The zero-order valence-electron chi connectivity index (χ0n) is 16.7. The van der Waals surface area contributed by atoms with Gasteiger partial charge in [0.1, 0.15) is 0 Å². The molecule has 4 aliphatic rings. The van der Waals surface area contributed by atoms with Crippen molar-refractivity contribution < 1.29 is 14.0 Å². The van der Waals surface area contributed by atoms with Crippen LogP contribution in [0.15, 0.2) is 47.5 Å². The largest absolute Gasteiger partial charge is 0.389 e. The third-order valence-corrected chi connectivity index (χ3v) is 6.93. The molecule has 0 bridgehead atoms. The fraction of sp³-hybridized carbons (Fsp3) is 0.571. The van der Waals surface area contributed by atoms with Gasteiger partial charge < -0.3 is 5.11 Å². The van der Waals surface area contributed by atoms with Crippen LogP contribution < -0.4 is 0 Å². The summed E-state index contributed by atoms with van der Waals surface area (Å²) in [6, 6.07) is -0.0911. The van der Waals surface area contributed by atoms with E-state index in [1.807, 2.05) is 6.08 Å². The number of ketones is 1. The lowest BCUT2D eigenvalue weighted by Gasteiger charge is -2.48. The number of hydrogen-bond acceptors (Lipinski definition) is 2. The van der Waals surface area contributed by atoms with E-state index in [0.717, 1.165) is 25.7 Å². The first-order valence-corrected chi connectivity index (χ1v) is 8.76. The molecular formula is C21H26O2. The monoisotopic (exact) mass is 313 g/mol. The molecule has 4 atom stereocenters. The maximum absolute atomic E-state index is 11.8. The van der Waals surface area contributed by atoms with Gasteiger partial charge >= 0.3 is 0 Å². The predicted octanol–water partition coefficient (Wildman–Crippen LogP) is 4.28. The number of rotatable bonds is 2. The van der Waals surface area contributed by atoms with Crippen molar-refractivity contribution in [1.29, 1.82) is 0 Å². The van der Waals surface area contributed by atoms with E-state index >= 15 is 0 Å². The van der Waals surface area contributed by atoms with Gasteiger partial charge in [-0.25, -0.2) is 0 Å². The molecule has 0 aromatic rings. The maximum Gasteiger partial charge on any atom is 0.156 e. The molecular weight excluding hydrogens is 284 g/mol. The predicted molar refractivity (Wildman–Crippen MR) is 91.8 cm³/mol. The van der Waals surface area contributed by atoms with E-state index in [2.05, 4.69) is 19.1 Å². The summed E-state index contributed by atoms with van der Waals surface area (Å²) in [7, 11) is 0. The lowest BCUT2D eigenvalue weighted by Crippen LogP contribution is -2.47. The molecule has 122 valence electrons. The number of carbonyl (C=O) groups excluding carboxylic acids is 1. The smallest absolute Gasteiger partial charge is 0.156 e. The van der Waals surface area contributed by atoms with Crippen LogP contribution in [0.4, 0.5) is 0 Å². The number of allylic oxidation sites excluding steroid dienone is 5. The highest BCUT2D eigenvalue weighted by Crippen LogP contribution is 2.61. The van der Waals surface area contributed by atoms with Crippen LogP contribution in [0.25, 0.3) is 0 Å². The average molecular weight is 313 g/mol. The number of hydrogen-bond donors (Lipinski definition) is 1. The fourth-order valence-electron chi connectivity index (χ4n) is 5.54. The molecule has 4 rings (SSSR count). The fourth-order valence-corrected chi connectivity index (χ4v) is 5.54. The van der Waals surface area contributed by atoms with Gasteiger partial charge in [-0.15, -0.1) is 6.53 Å². The minimum Gasteiger partial charge on any atom is -0.389 e. The zero-order valence-corrected chi connectivity index (χ0v) is 13.7. The number of fused-ring (bicyclic) bond motifs is 4. The number of carbonyl (C=O) groups is 1. The molecule has 0 heterocycles. The van der Waals surface area contributed by atoms with Crippen LogP contribution in [0.5, 0.6) is 0 Å². The molecule has 4 aliphatic carbocycles. The van der Waals surface area contributed by atoms with Gasteiger partial charge in [-0.05, 0) is 73.2 Å². The molecule has 1 fully saturated rings. The second-order valence-electron chi connectivity index (χ2n) is 7.86. The summed E-state index contributed by atoms with van der Waals surface area (Å²) in [6.45, 7) is 1.58. The molecule has 23 heavy (non-hydrogen) atoms. The summed E-state index contributed by atoms with van der Waals surface area (Å²) in [5.74, 6) is 0.940. The average Bonchev–Trinajstić information content (AvgIpc) is 2.85. The van der Waals surface area contributed by atoms with Gasteiger partial charge in [-0.2, -0.15) is 0 Å². The minimum atomic E-state index is -1.06. The van der Waals surface area contributed by atoms with E-state index in [-0.39, 0.29) is 18.3 Å². The van der Waals surface area contributed by atoms with Gasteiger partial charge in [-0.1, -0.05) is 25.1 Å². The Morgan fingerprint density at radius 1 is 1.48 bits per heavy atom. The Balaban J connectivity index is 1.74. The zero-order chi connectivity index (χ0) is 18.7. The molecule has 0 amide bonds. The molecule has 0 unspecified atom stereocenters. The summed E-state index contributed by atoms with van der Waals surface area (Å²) in [6.07, 6.45) is 11.0. The van der Waals surface area contributed by atoms with Gasteiger partial charge in [0.25, 0.3) is 0 Å². The van der Waals surface area contributed by atoms with Crippen molar-refractivity contribution in [3.8, 4) is 0 Å². The highest BCUT2D eigenvalue weighted by atomic mass is 16.3. The second kappa shape index (κ2) is 5.04. The Morgan fingerprint density at radius 3 is 3.17 bits per heavy atom. The Kier molecular flexibility index (Phi) is 2.64. The van der Waals surface area contributed by atoms with E-state index in [1.165, 1.54) is 16.7 Å². The SMILES string of the molecule is [2H]C([2H])=C([2H])C[C@]1(O)CC[C@H]2[C@@H]3CCC4=CC(=O)CCC4=C3C=C[C@@]21C. The molecule has 0 saturated heterocycles. The Morgan fingerprint density at radius 2 is 2.35 bits per heavy atom. The van der Waals surface area contributed by atoms with Crippen molar-refractivity contribution in [2.24, 2.45) is 17.3 Å². The van der Waals surface area contributed by atoms with Crippen LogP contribution in [0.2, 0.25) is 0 Å². The van der Waals surface area contributed by atoms with Crippen molar-refractivity contribution >= 4 is 5.78 Å². The Labute approximate surface area is 142 Å². The van der Waals surface area contributed by atoms with Crippen LogP contribution in [-0.4, -0.2) is 16.5 Å². The highest BCUT2D eigenvalue weighted by Gasteiger charge is 2.58. The lowest BCUT2D eigenvalue weighted by molar-refractivity contribution is -0.114. The molecule has 0 aromatic heterocycles. The lowest BCUT2D eigenvalue weighted by atomic mass is 9.58. The van der Waals surface area contributed by atoms with Crippen LogP contribution >= 0.6 is 0 Å². The third-order valence-electron chi connectivity index (χ3n) is 6.93. The van der Waals surface area contributed by atoms with Gasteiger partial charge in [0.2, 0.25) is 0 Å². The quantitative estimate of drug-likeness (QED) is 0.773. The normalized spacial score (nSPS) is 43.7. The van der Waals surface area contributed by atoms with Crippen molar-refractivity contribution in [3.63, 3.8) is 0 Å². The second-order valence-corrected chi connectivity index (χ2v) is 7.86. The maximum atomic E-state index is 11.8. The summed E-state index contributed by atoms with van der Waals surface area (Å²) >= 11 is 0. The van der Waals surface area contributed by atoms with E-state index in [0.29, 0.717) is 24.7 Å². The van der Waals surface area contributed by atoms with Crippen molar-refractivity contribution in [3.05, 3.63) is 47.5 Å². The molecule has 1 saturated carbocycles. The molecule has 2 heteroatoms. The van der Waals surface area contributed by atoms with Gasteiger partial charge in [0.15, 0.2) is 5.78 Å². The highest BCUT2D eigenvalue weighted by molar-refractivity contribution is 5.93. The summed E-state index contributed by atoms with van der Waals surface area (Å²) in [5, 5.41) is 11.4. The van der Waals surface area contributed by atoms with E-state index in [4.69, 9.17) is 4.11 Å². The Bertz CT molecular complexity index is 787. The summed E-state index contributed by atoms with van der Waals surface area (Å²) < 4.78 is 22.7. The summed E-state index contributed by atoms with van der Waals surface area (Å²) in [5.41, 5.74) is 2.40. The Hall–Kier alpha value is -1.41. The molecule has 0 radical (unpaired) electrons. The van der Waals surface area contributed by atoms with Crippen molar-refractivity contribution in [1.82, 2.24) is 0 Å². The van der Waals surface area contributed by atoms with Crippen LogP contribution in [0, 0.1) is 17.3 Å². The van der Waals surface area contributed by atoms with Crippen LogP contribution in [-0.2, 0) is 4.79 Å². The minimum absolute atomic E-state index is 0.0744. The molecule has 0 spiro atoms. The first-order valence-electron chi connectivity index (χ1n) is 10.3. The molecule has 0 aromatic carbocycles. The van der Waals surface area contributed by atoms with Gasteiger partial charge in [-0.3, -0.25) is 4.79 Å². The number of aliphatic hydroxyl groups is 1. The van der Waals surface area contributed by atoms with Crippen LogP contribution in [0.3, 0.4) is 0 Å². The third kappa shape index (κ3) is 2.00.